The lowest BCUT2D eigenvalue weighted by Crippen LogP contribution is -2.32. The summed E-state index contributed by atoms with van der Waals surface area (Å²) in [5.41, 5.74) is 14.0. The number of hydrogen-bond acceptors (Lipinski definition) is 4. The van der Waals surface area contributed by atoms with Gasteiger partial charge in [-0.05, 0) is 57.6 Å². The maximum Gasteiger partial charge on any atom is 0.162 e. The zero-order chi connectivity index (χ0) is 33.1. The molecule has 0 fully saturated rings. The van der Waals surface area contributed by atoms with Gasteiger partial charge in [0.1, 0.15) is 0 Å². The molecule has 1 spiro atoms. The van der Waals surface area contributed by atoms with E-state index in [1.54, 1.807) is 0 Å². The fourth-order valence-electron chi connectivity index (χ4n) is 7.95. The molecular formula is C46H29N3S. The zero-order valence-corrected chi connectivity index (χ0v) is 27.8. The first kappa shape index (κ1) is 28.9. The van der Waals surface area contributed by atoms with Crippen LogP contribution in [-0.4, -0.2) is 15.0 Å². The average molecular weight is 656 g/mol. The van der Waals surface area contributed by atoms with E-state index in [9.17, 15) is 0 Å². The van der Waals surface area contributed by atoms with Gasteiger partial charge in [-0.2, -0.15) is 0 Å². The Morgan fingerprint density at radius 2 is 0.940 bits per heavy atom. The molecule has 3 heterocycles. The van der Waals surface area contributed by atoms with Gasteiger partial charge in [0.2, 0.25) is 0 Å². The largest absolute Gasteiger partial charge is 0.255 e. The molecule has 234 valence electrons. The average Bonchev–Trinajstić information content (AvgIpc) is 3.49. The Kier molecular flexibility index (Phi) is 6.64. The van der Waals surface area contributed by atoms with Crippen molar-refractivity contribution in [2.24, 2.45) is 0 Å². The Morgan fingerprint density at radius 1 is 0.420 bits per heavy atom. The van der Waals surface area contributed by atoms with E-state index in [4.69, 9.17) is 15.0 Å². The lowest BCUT2D eigenvalue weighted by molar-refractivity contribution is 0.723. The summed E-state index contributed by atoms with van der Waals surface area (Å²) in [4.78, 5) is 18.0. The Morgan fingerprint density at radius 3 is 1.60 bits per heavy atom. The first-order chi connectivity index (χ1) is 24.8. The van der Waals surface area contributed by atoms with E-state index in [-0.39, 0.29) is 0 Å². The number of nitrogens with zero attached hydrogens (tertiary/aromatic N) is 3. The van der Waals surface area contributed by atoms with E-state index in [0.29, 0.717) is 5.82 Å². The number of hydrogen-bond donors (Lipinski definition) is 0. The maximum atomic E-state index is 5.21. The van der Waals surface area contributed by atoms with Gasteiger partial charge in [-0.15, -0.1) is 0 Å². The van der Waals surface area contributed by atoms with Crippen LogP contribution in [0.25, 0.3) is 56.3 Å². The molecule has 0 saturated carbocycles. The van der Waals surface area contributed by atoms with Crippen LogP contribution in [0.4, 0.5) is 0 Å². The minimum absolute atomic E-state index is 0.459. The molecule has 50 heavy (non-hydrogen) atoms. The zero-order valence-electron chi connectivity index (χ0n) is 27.0. The summed E-state index contributed by atoms with van der Waals surface area (Å²) < 4.78 is 0. The van der Waals surface area contributed by atoms with Crippen LogP contribution in [0.1, 0.15) is 22.3 Å². The van der Waals surface area contributed by atoms with Crippen LogP contribution in [0.5, 0.6) is 0 Å². The van der Waals surface area contributed by atoms with Gasteiger partial charge in [0.05, 0.1) is 22.5 Å². The lowest BCUT2D eigenvalue weighted by atomic mass is 9.67. The molecule has 1 aliphatic heterocycles. The van der Waals surface area contributed by atoms with Crippen LogP contribution >= 0.6 is 11.8 Å². The number of fused-ring (bicyclic) bond motifs is 9. The second-order valence-electron chi connectivity index (χ2n) is 12.7. The minimum atomic E-state index is -0.459. The highest BCUT2D eigenvalue weighted by molar-refractivity contribution is 7.99. The molecule has 0 N–H and O–H groups in total. The van der Waals surface area contributed by atoms with E-state index >= 15 is 0 Å². The van der Waals surface area contributed by atoms with Crippen molar-refractivity contribution in [2.45, 2.75) is 15.2 Å². The summed E-state index contributed by atoms with van der Waals surface area (Å²) in [6.07, 6.45) is 1.88. The molecule has 8 aromatic rings. The minimum Gasteiger partial charge on any atom is -0.255 e. The third-order valence-electron chi connectivity index (χ3n) is 10.0. The van der Waals surface area contributed by atoms with E-state index in [1.165, 1.54) is 43.2 Å². The van der Waals surface area contributed by atoms with Crippen molar-refractivity contribution in [3.05, 3.63) is 198 Å². The molecule has 10 rings (SSSR count). The number of rotatable bonds is 4. The lowest BCUT2D eigenvalue weighted by Gasteiger charge is -2.40. The van der Waals surface area contributed by atoms with Crippen LogP contribution in [0.15, 0.2) is 186 Å². The van der Waals surface area contributed by atoms with Gasteiger partial charge in [-0.3, -0.25) is 4.98 Å². The molecule has 0 unspecified atom stereocenters. The van der Waals surface area contributed by atoms with Crippen molar-refractivity contribution in [3.8, 4) is 56.3 Å². The maximum absolute atomic E-state index is 5.21. The molecule has 1 aliphatic carbocycles. The SMILES string of the molecule is c1ccc(-c2cc(-c3ccccc3)nc(-c3cccnc3-c3cccc4c3Sc3ccccc3C43c4ccccc4-c4ccccc43)n2)cc1. The number of benzene rings is 6. The summed E-state index contributed by atoms with van der Waals surface area (Å²) >= 11 is 1.84. The predicted octanol–water partition coefficient (Wildman–Crippen LogP) is 11.4. The molecule has 0 bridgehead atoms. The van der Waals surface area contributed by atoms with Gasteiger partial charge in [0, 0.05) is 38.2 Å². The molecule has 0 saturated heterocycles. The summed E-state index contributed by atoms with van der Waals surface area (Å²) in [6.45, 7) is 0. The van der Waals surface area contributed by atoms with Crippen LogP contribution in [0, 0.1) is 0 Å². The van der Waals surface area contributed by atoms with Crippen LogP contribution in [-0.2, 0) is 5.41 Å². The van der Waals surface area contributed by atoms with Crippen molar-refractivity contribution in [2.75, 3.05) is 0 Å². The summed E-state index contributed by atoms with van der Waals surface area (Å²) in [5.74, 6) is 0.651. The van der Waals surface area contributed by atoms with Crippen molar-refractivity contribution < 1.29 is 0 Å². The molecule has 6 aromatic carbocycles. The second-order valence-corrected chi connectivity index (χ2v) is 13.8. The summed E-state index contributed by atoms with van der Waals surface area (Å²) in [7, 11) is 0. The molecule has 0 amide bonds. The number of aromatic nitrogens is 3. The Bertz CT molecular complexity index is 2480. The van der Waals surface area contributed by atoms with Gasteiger partial charge in [-0.25, -0.2) is 9.97 Å². The highest BCUT2D eigenvalue weighted by atomic mass is 32.2. The standard InChI is InChI=1S/C46H29N3S/c1-3-15-30(16-4-1)40-29-41(31-17-5-2-6-18-31)49-45(48-40)35-22-14-28-47-43(35)34-21-13-26-39-44(34)50-42-27-12-11-25-38(42)46(39)36-23-9-7-19-32(36)33-20-8-10-24-37(33)46/h1-29H. The molecule has 2 aromatic heterocycles. The fraction of sp³-hybridized carbons (Fsp3) is 0.0217. The topological polar surface area (TPSA) is 38.7 Å². The van der Waals surface area contributed by atoms with E-state index in [2.05, 4.69) is 152 Å². The normalized spacial score (nSPS) is 13.3. The van der Waals surface area contributed by atoms with Crippen molar-refractivity contribution >= 4 is 11.8 Å². The molecule has 0 atom stereocenters. The van der Waals surface area contributed by atoms with Gasteiger partial charge in [-0.1, -0.05) is 157 Å². The van der Waals surface area contributed by atoms with E-state index in [1.807, 2.05) is 36.2 Å². The summed E-state index contributed by atoms with van der Waals surface area (Å²) in [6, 6.07) is 60.4. The Labute approximate surface area is 295 Å². The smallest absolute Gasteiger partial charge is 0.162 e. The van der Waals surface area contributed by atoms with Gasteiger partial charge in [0.25, 0.3) is 0 Å². The highest BCUT2D eigenvalue weighted by Gasteiger charge is 2.50. The summed E-state index contributed by atoms with van der Waals surface area (Å²) in [5, 5.41) is 0. The first-order valence-corrected chi connectivity index (χ1v) is 17.7. The van der Waals surface area contributed by atoms with Crippen LogP contribution in [0.2, 0.25) is 0 Å². The van der Waals surface area contributed by atoms with Gasteiger partial charge in [0.15, 0.2) is 5.82 Å². The van der Waals surface area contributed by atoms with Crippen molar-refractivity contribution in [1.82, 2.24) is 15.0 Å². The van der Waals surface area contributed by atoms with Crippen molar-refractivity contribution in [1.29, 1.82) is 0 Å². The molecule has 4 heteroatoms. The van der Waals surface area contributed by atoms with Crippen LogP contribution in [0.3, 0.4) is 0 Å². The first-order valence-electron chi connectivity index (χ1n) is 16.9. The molecule has 2 aliphatic rings. The molecule has 3 nitrogen and oxygen atoms in total. The second kappa shape index (κ2) is 11.5. The Balaban J connectivity index is 1.23. The third-order valence-corrected chi connectivity index (χ3v) is 11.3. The molecular weight excluding hydrogens is 627 g/mol. The number of pyridine rings is 1. The quantitative estimate of drug-likeness (QED) is 0.189. The van der Waals surface area contributed by atoms with Crippen molar-refractivity contribution in [3.63, 3.8) is 0 Å². The Hall–Kier alpha value is -6.10. The van der Waals surface area contributed by atoms with Gasteiger partial charge >= 0.3 is 0 Å². The van der Waals surface area contributed by atoms with E-state index < -0.39 is 5.41 Å². The third kappa shape index (κ3) is 4.28. The monoisotopic (exact) mass is 655 g/mol. The highest BCUT2D eigenvalue weighted by Crippen LogP contribution is 2.63. The van der Waals surface area contributed by atoms with Gasteiger partial charge < -0.3 is 0 Å². The molecule has 0 radical (unpaired) electrons. The van der Waals surface area contributed by atoms with Crippen LogP contribution < -0.4 is 0 Å². The predicted molar refractivity (Wildman–Crippen MR) is 203 cm³/mol. The van der Waals surface area contributed by atoms with E-state index in [0.717, 1.165) is 39.3 Å². The fourth-order valence-corrected chi connectivity index (χ4v) is 9.25.